The minimum Gasteiger partial charge on any atom is -0.396 e. The average molecular weight is 300 g/mol. The number of rotatable bonds is 3. The summed E-state index contributed by atoms with van der Waals surface area (Å²) in [6, 6.07) is 10.4. The van der Waals surface area contributed by atoms with Crippen molar-refractivity contribution >= 4 is 0 Å². The Morgan fingerprint density at radius 3 is 2.45 bits per heavy atom. The Hall–Kier alpha value is -1.12. The van der Waals surface area contributed by atoms with Crippen molar-refractivity contribution in [2.75, 3.05) is 6.61 Å². The lowest BCUT2D eigenvalue weighted by atomic mass is 9.58. The largest absolute Gasteiger partial charge is 0.396 e. The first-order valence-corrected chi connectivity index (χ1v) is 8.68. The van der Waals surface area contributed by atoms with Crippen LogP contribution in [0, 0.1) is 11.8 Å². The van der Waals surface area contributed by atoms with E-state index in [0.29, 0.717) is 0 Å². The molecule has 0 aliphatic heterocycles. The Morgan fingerprint density at radius 1 is 1.14 bits per heavy atom. The van der Waals surface area contributed by atoms with Crippen molar-refractivity contribution in [2.24, 2.45) is 11.8 Å². The lowest BCUT2D eigenvalue weighted by Crippen LogP contribution is -2.52. The van der Waals surface area contributed by atoms with E-state index in [1.807, 2.05) is 6.07 Å². The van der Waals surface area contributed by atoms with Crippen molar-refractivity contribution in [2.45, 2.75) is 57.5 Å². The van der Waals surface area contributed by atoms with Gasteiger partial charge in [-0.25, -0.2) is 0 Å². The first kappa shape index (κ1) is 15.8. The molecule has 1 aromatic carbocycles. The van der Waals surface area contributed by atoms with E-state index in [9.17, 15) is 10.2 Å². The van der Waals surface area contributed by atoms with Crippen molar-refractivity contribution in [3.05, 3.63) is 47.0 Å². The predicted octanol–water partition coefficient (Wildman–Crippen LogP) is 4.04. The van der Waals surface area contributed by atoms with Crippen LogP contribution in [-0.2, 0) is 0 Å². The molecule has 0 fully saturated rings. The molecule has 2 heteroatoms. The van der Waals surface area contributed by atoms with Crippen LogP contribution in [0.3, 0.4) is 0 Å². The average Bonchev–Trinajstić information content (AvgIpc) is 2.55. The van der Waals surface area contributed by atoms with Gasteiger partial charge in [0.25, 0.3) is 0 Å². The quantitative estimate of drug-likeness (QED) is 0.827. The van der Waals surface area contributed by atoms with Gasteiger partial charge in [0, 0.05) is 12.5 Å². The Labute approximate surface area is 133 Å². The summed E-state index contributed by atoms with van der Waals surface area (Å²) in [6.45, 7) is 4.23. The molecule has 0 bridgehead atoms. The lowest BCUT2D eigenvalue weighted by Gasteiger charge is -2.50. The van der Waals surface area contributed by atoms with E-state index in [0.717, 1.165) is 19.3 Å². The van der Waals surface area contributed by atoms with Gasteiger partial charge in [0.05, 0.1) is 5.60 Å². The maximum Gasteiger partial charge on any atom is 0.0937 e. The highest BCUT2D eigenvalue weighted by atomic mass is 16.3. The van der Waals surface area contributed by atoms with Gasteiger partial charge in [-0.05, 0) is 55.1 Å². The van der Waals surface area contributed by atoms with E-state index in [4.69, 9.17) is 0 Å². The molecule has 0 radical (unpaired) electrons. The Morgan fingerprint density at radius 2 is 1.82 bits per heavy atom. The van der Waals surface area contributed by atoms with Crippen LogP contribution < -0.4 is 0 Å². The van der Waals surface area contributed by atoms with Gasteiger partial charge < -0.3 is 10.2 Å². The van der Waals surface area contributed by atoms with E-state index < -0.39 is 5.60 Å². The second-order valence-corrected chi connectivity index (χ2v) is 7.28. The third kappa shape index (κ3) is 2.43. The van der Waals surface area contributed by atoms with Crippen molar-refractivity contribution in [1.29, 1.82) is 0 Å². The number of aliphatic hydroxyl groups is 2. The van der Waals surface area contributed by atoms with Gasteiger partial charge in [0.2, 0.25) is 0 Å². The highest BCUT2D eigenvalue weighted by Gasteiger charge is 2.50. The number of aliphatic hydroxyl groups excluding tert-OH is 1. The fourth-order valence-electron chi connectivity index (χ4n) is 4.71. The molecule has 0 saturated heterocycles. The van der Waals surface area contributed by atoms with Crippen molar-refractivity contribution < 1.29 is 10.2 Å². The summed E-state index contributed by atoms with van der Waals surface area (Å²) >= 11 is 0. The zero-order chi connectivity index (χ0) is 15.7. The fraction of sp³-hybridized carbons (Fsp3) is 0.600. The van der Waals surface area contributed by atoms with Crippen molar-refractivity contribution in [3.63, 3.8) is 0 Å². The maximum absolute atomic E-state index is 11.6. The normalized spacial score (nSPS) is 32.2. The van der Waals surface area contributed by atoms with E-state index in [-0.39, 0.29) is 24.4 Å². The molecule has 0 saturated carbocycles. The molecule has 1 aromatic rings. The third-order valence-electron chi connectivity index (χ3n) is 5.89. The van der Waals surface area contributed by atoms with E-state index in [1.54, 1.807) is 0 Å². The number of hydrogen-bond acceptors (Lipinski definition) is 2. The van der Waals surface area contributed by atoms with Gasteiger partial charge in [0.1, 0.15) is 0 Å². The van der Waals surface area contributed by atoms with Crippen LogP contribution in [0.1, 0.15) is 57.4 Å². The van der Waals surface area contributed by atoms with Crippen LogP contribution in [0.15, 0.2) is 41.5 Å². The first-order valence-electron chi connectivity index (χ1n) is 8.68. The molecule has 0 aromatic heterocycles. The zero-order valence-corrected chi connectivity index (χ0v) is 13.8. The molecule has 2 aliphatic rings. The molecule has 3 rings (SSSR count). The molecule has 2 N–H and O–H groups in total. The van der Waals surface area contributed by atoms with E-state index in [2.05, 4.69) is 38.1 Å². The molecule has 22 heavy (non-hydrogen) atoms. The molecule has 2 aliphatic carbocycles. The minimum absolute atomic E-state index is 0.0466. The highest BCUT2D eigenvalue weighted by molar-refractivity contribution is 5.37. The van der Waals surface area contributed by atoms with Gasteiger partial charge in [-0.15, -0.1) is 0 Å². The predicted molar refractivity (Wildman–Crippen MR) is 89.7 cm³/mol. The molecule has 2 nitrogen and oxygen atoms in total. The van der Waals surface area contributed by atoms with Crippen LogP contribution in [0.5, 0.6) is 0 Å². The van der Waals surface area contributed by atoms with Crippen LogP contribution in [0.25, 0.3) is 0 Å². The topological polar surface area (TPSA) is 40.5 Å². The Balaban J connectivity index is 2.10. The van der Waals surface area contributed by atoms with Gasteiger partial charge in [-0.3, -0.25) is 0 Å². The van der Waals surface area contributed by atoms with E-state index >= 15 is 0 Å². The van der Waals surface area contributed by atoms with Crippen molar-refractivity contribution in [1.82, 2.24) is 0 Å². The summed E-state index contributed by atoms with van der Waals surface area (Å²) in [5.41, 5.74) is 3.10. The molecule has 0 amide bonds. The van der Waals surface area contributed by atoms with Crippen molar-refractivity contribution in [3.8, 4) is 0 Å². The van der Waals surface area contributed by atoms with Gasteiger partial charge in [0.15, 0.2) is 0 Å². The van der Waals surface area contributed by atoms with Crippen LogP contribution in [0.4, 0.5) is 0 Å². The van der Waals surface area contributed by atoms with Gasteiger partial charge >= 0.3 is 0 Å². The molecule has 0 unspecified atom stereocenters. The lowest BCUT2D eigenvalue weighted by molar-refractivity contribution is -0.0668. The summed E-state index contributed by atoms with van der Waals surface area (Å²) in [7, 11) is 0. The summed E-state index contributed by atoms with van der Waals surface area (Å²) in [4.78, 5) is 0. The van der Waals surface area contributed by atoms with Gasteiger partial charge in [-0.2, -0.15) is 0 Å². The molecular weight excluding hydrogens is 272 g/mol. The monoisotopic (exact) mass is 300 g/mol. The molecule has 120 valence electrons. The summed E-state index contributed by atoms with van der Waals surface area (Å²) in [6.07, 6.45) is 5.52. The number of allylic oxidation sites excluding steroid dienone is 1. The number of benzene rings is 1. The van der Waals surface area contributed by atoms with Crippen LogP contribution >= 0.6 is 0 Å². The Bertz CT molecular complexity index is 546. The van der Waals surface area contributed by atoms with Crippen LogP contribution in [-0.4, -0.2) is 22.4 Å². The molecule has 0 spiro atoms. The maximum atomic E-state index is 11.6. The standard InChI is InChI=1S/C20H28O2/c1-14(2)20(22)18-11-7-6-10-16(18)12-17(19(20)13-21)15-8-4-3-5-9-15/h3-5,8-9,14,17,19,21-22H,6-7,10-13H2,1-2H3/t17-,19-,20+/m0/s1. The first-order chi connectivity index (χ1) is 10.6. The molecule has 0 heterocycles. The smallest absolute Gasteiger partial charge is 0.0937 e. The second kappa shape index (κ2) is 6.17. The highest BCUT2D eigenvalue weighted by Crippen LogP contribution is 2.53. The summed E-state index contributed by atoms with van der Waals surface area (Å²) < 4.78 is 0. The molecular formula is C20H28O2. The summed E-state index contributed by atoms with van der Waals surface area (Å²) in [5.74, 6) is 0.237. The SMILES string of the molecule is CC(C)[C@@]1(O)C2=C(CCCC2)C[C@@H](c2ccccc2)[C@@H]1CO. The zero-order valence-electron chi connectivity index (χ0n) is 13.8. The van der Waals surface area contributed by atoms with Crippen LogP contribution in [0.2, 0.25) is 0 Å². The second-order valence-electron chi connectivity index (χ2n) is 7.28. The van der Waals surface area contributed by atoms with E-state index in [1.165, 1.54) is 29.6 Å². The summed E-state index contributed by atoms with van der Waals surface area (Å²) in [5, 5.41) is 21.7. The minimum atomic E-state index is -0.858. The van der Waals surface area contributed by atoms with Gasteiger partial charge in [-0.1, -0.05) is 49.8 Å². The third-order valence-corrected chi connectivity index (χ3v) is 5.89. The number of hydrogen-bond donors (Lipinski definition) is 2. The fourth-order valence-corrected chi connectivity index (χ4v) is 4.71. The Kier molecular flexibility index (Phi) is 4.42. The molecule has 3 atom stereocenters.